The second-order valence-corrected chi connectivity index (χ2v) is 3.94. The number of benzene rings is 1. The van der Waals surface area contributed by atoms with Gasteiger partial charge in [-0.2, -0.15) is 5.26 Å². The molecule has 0 aliphatic rings. The predicted molar refractivity (Wildman–Crippen MR) is 69.4 cm³/mol. The van der Waals surface area contributed by atoms with E-state index in [2.05, 4.69) is 10.6 Å². The van der Waals surface area contributed by atoms with Crippen LogP contribution in [0.4, 0.5) is 5.69 Å². The number of hydrogen-bond acceptors (Lipinski definition) is 4. The van der Waals surface area contributed by atoms with Gasteiger partial charge in [-0.1, -0.05) is 13.0 Å². The summed E-state index contributed by atoms with van der Waals surface area (Å²) in [5.41, 5.74) is 0.815. The summed E-state index contributed by atoms with van der Waals surface area (Å²) in [6, 6.07) is 7.10. The number of carbonyl (C=O) groups is 1. The Balaban J connectivity index is 2.96. The molecule has 1 rings (SSSR count). The lowest BCUT2D eigenvalue weighted by atomic mass is 10.1. The van der Waals surface area contributed by atoms with Gasteiger partial charge in [-0.3, -0.25) is 4.79 Å². The van der Waals surface area contributed by atoms with Gasteiger partial charge in [0.05, 0.1) is 12.7 Å². The molecule has 0 heterocycles. The van der Waals surface area contributed by atoms with Gasteiger partial charge in [0.15, 0.2) is 0 Å². The van der Waals surface area contributed by atoms with E-state index < -0.39 is 0 Å². The molecule has 0 radical (unpaired) electrons. The SMILES string of the molecule is CNCC(C)C(=O)Nc1c(C#N)cccc1OC. The normalized spacial score (nSPS) is 11.4. The molecule has 18 heavy (non-hydrogen) atoms. The first-order valence-electron chi connectivity index (χ1n) is 5.66. The third-order valence-electron chi connectivity index (χ3n) is 2.57. The number of methoxy groups -OCH3 is 1. The van der Waals surface area contributed by atoms with Crippen LogP contribution < -0.4 is 15.4 Å². The Morgan fingerprint density at radius 2 is 2.28 bits per heavy atom. The van der Waals surface area contributed by atoms with Crippen molar-refractivity contribution in [3.05, 3.63) is 23.8 Å². The van der Waals surface area contributed by atoms with Crippen molar-refractivity contribution in [1.29, 1.82) is 5.26 Å². The number of nitrogens with zero attached hydrogens (tertiary/aromatic N) is 1. The Morgan fingerprint density at radius 3 is 2.83 bits per heavy atom. The summed E-state index contributed by atoms with van der Waals surface area (Å²) >= 11 is 0. The van der Waals surface area contributed by atoms with Gasteiger partial charge in [-0.25, -0.2) is 0 Å². The predicted octanol–water partition coefficient (Wildman–Crippen LogP) is 1.36. The standard InChI is InChI=1S/C13H17N3O2/c1-9(8-15-2)13(17)16-12-10(7-14)5-4-6-11(12)18-3/h4-6,9,15H,8H2,1-3H3,(H,16,17). The summed E-state index contributed by atoms with van der Waals surface area (Å²) in [7, 11) is 3.29. The Bertz CT molecular complexity index is 466. The van der Waals surface area contributed by atoms with Gasteiger partial charge in [0, 0.05) is 12.5 Å². The molecule has 0 bridgehead atoms. The first-order chi connectivity index (χ1) is 8.63. The van der Waals surface area contributed by atoms with Gasteiger partial charge < -0.3 is 15.4 Å². The van der Waals surface area contributed by atoms with Gasteiger partial charge in [-0.15, -0.1) is 0 Å². The molecule has 0 spiro atoms. The molecule has 5 nitrogen and oxygen atoms in total. The van der Waals surface area contributed by atoms with Crippen molar-refractivity contribution in [2.45, 2.75) is 6.92 Å². The average molecular weight is 247 g/mol. The zero-order valence-corrected chi connectivity index (χ0v) is 10.8. The van der Waals surface area contributed by atoms with Crippen LogP contribution in [0.3, 0.4) is 0 Å². The highest BCUT2D eigenvalue weighted by Crippen LogP contribution is 2.28. The van der Waals surface area contributed by atoms with Crippen molar-refractivity contribution in [3.63, 3.8) is 0 Å². The van der Waals surface area contributed by atoms with Crippen LogP contribution in [-0.2, 0) is 4.79 Å². The van der Waals surface area contributed by atoms with Crippen molar-refractivity contribution >= 4 is 11.6 Å². The summed E-state index contributed by atoms with van der Waals surface area (Å²) in [6.45, 7) is 2.39. The van der Waals surface area contributed by atoms with E-state index in [4.69, 9.17) is 10.00 Å². The number of anilines is 1. The van der Waals surface area contributed by atoms with E-state index in [1.165, 1.54) is 7.11 Å². The van der Waals surface area contributed by atoms with E-state index >= 15 is 0 Å². The number of hydrogen-bond donors (Lipinski definition) is 2. The van der Waals surface area contributed by atoms with Gasteiger partial charge in [0.2, 0.25) is 5.91 Å². The Labute approximate surface area is 107 Å². The molecule has 2 N–H and O–H groups in total. The van der Waals surface area contributed by atoms with Gasteiger partial charge in [0.1, 0.15) is 17.5 Å². The fourth-order valence-corrected chi connectivity index (χ4v) is 1.57. The summed E-state index contributed by atoms with van der Waals surface area (Å²) in [4.78, 5) is 11.9. The third kappa shape index (κ3) is 3.22. The minimum absolute atomic E-state index is 0.148. The second-order valence-electron chi connectivity index (χ2n) is 3.94. The van der Waals surface area contributed by atoms with Crippen molar-refractivity contribution in [3.8, 4) is 11.8 Å². The van der Waals surface area contributed by atoms with Crippen molar-refractivity contribution in [2.75, 3.05) is 26.0 Å². The van der Waals surface area contributed by atoms with Crippen LogP contribution in [0.5, 0.6) is 5.75 Å². The van der Waals surface area contributed by atoms with E-state index in [0.29, 0.717) is 23.5 Å². The minimum Gasteiger partial charge on any atom is -0.495 e. The van der Waals surface area contributed by atoms with Crippen LogP contribution in [0, 0.1) is 17.2 Å². The summed E-state index contributed by atoms with van der Waals surface area (Å²) in [5.74, 6) is 0.149. The highest BCUT2D eigenvalue weighted by Gasteiger charge is 2.16. The second kappa shape index (κ2) is 6.62. The summed E-state index contributed by atoms with van der Waals surface area (Å²) in [5, 5.41) is 14.7. The molecule has 0 aliphatic heterocycles. The van der Waals surface area contributed by atoms with Crippen LogP contribution in [0.2, 0.25) is 0 Å². The molecule has 1 aromatic rings. The first kappa shape index (κ1) is 14.0. The fraction of sp³-hybridized carbons (Fsp3) is 0.385. The Morgan fingerprint density at radius 1 is 1.56 bits per heavy atom. The number of amides is 1. The molecule has 0 aromatic heterocycles. The maximum absolute atomic E-state index is 11.9. The first-order valence-corrected chi connectivity index (χ1v) is 5.66. The number of carbonyl (C=O) groups excluding carboxylic acids is 1. The van der Waals surface area contributed by atoms with Crippen LogP contribution in [0.15, 0.2) is 18.2 Å². The Kier molecular flexibility index (Phi) is 5.15. The molecule has 0 saturated carbocycles. The van der Waals surface area contributed by atoms with Crippen LogP contribution in [0.1, 0.15) is 12.5 Å². The van der Waals surface area contributed by atoms with Gasteiger partial charge in [0.25, 0.3) is 0 Å². The molecule has 5 heteroatoms. The quantitative estimate of drug-likeness (QED) is 0.824. The monoisotopic (exact) mass is 247 g/mol. The highest BCUT2D eigenvalue weighted by atomic mass is 16.5. The molecule has 0 aliphatic carbocycles. The van der Waals surface area contributed by atoms with Gasteiger partial charge in [-0.05, 0) is 19.2 Å². The molecular formula is C13H17N3O2. The molecule has 1 aromatic carbocycles. The highest BCUT2D eigenvalue weighted by molar-refractivity contribution is 5.95. The van der Waals surface area contributed by atoms with E-state index in [9.17, 15) is 4.79 Å². The average Bonchev–Trinajstić information content (AvgIpc) is 2.39. The zero-order chi connectivity index (χ0) is 13.5. The lowest BCUT2D eigenvalue weighted by Gasteiger charge is -2.15. The number of nitrogens with one attached hydrogen (secondary N) is 2. The van der Waals surface area contributed by atoms with Crippen LogP contribution in [0.25, 0.3) is 0 Å². The maximum Gasteiger partial charge on any atom is 0.228 e. The van der Waals surface area contributed by atoms with E-state index in [0.717, 1.165) is 0 Å². The van der Waals surface area contributed by atoms with E-state index in [-0.39, 0.29) is 11.8 Å². The summed E-state index contributed by atoms with van der Waals surface area (Å²) in [6.07, 6.45) is 0. The molecule has 0 saturated heterocycles. The number of nitriles is 1. The lowest BCUT2D eigenvalue weighted by Crippen LogP contribution is -2.29. The molecular weight excluding hydrogens is 230 g/mol. The minimum atomic E-state index is -0.188. The molecule has 96 valence electrons. The van der Waals surface area contributed by atoms with E-state index in [1.807, 2.05) is 13.0 Å². The van der Waals surface area contributed by atoms with Crippen molar-refractivity contribution in [1.82, 2.24) is 5.32 Å². The van der Waals surface area contributed by atoms with E-state index in [1.54, 1.807) is 25.2 Å². The number of para-hydroxylation sites is 1. The molecule has 0 fully saturated rings. The lowest BCUT2D eigenvalue weighted by molar-refractivity contribution is -0.119. The largest absolute Gasteiger partial charge is 0.495 e. The van der Waals surface area contributed by atoms with Crippen LogP contribution in [-0.4, -0.2) is 26.6 Å². The summed E-state index contributed by atoms with van der Waals surface area (Å²) < 4.78 is 5.15. The maximum atomic E-state index is 11.9. The Hall–Kier alpha value is -2.06. The van der Waals surface area contributed by atoms with Crippen molar-refractivity contribution < 1.29 is 9.53 Å². The third-order valence-corrected chi connectivity index (χ3v) is 2.57. The zero-order valence-electron chi connectivity index (χ0n) is 10.8. The molecule has 1 unspecified atom stereocenters. The smallest absolute Gasteiger partial charge is 0.228 e. The van der Waals surface area contributed by atoms with Gasteiger partial charge >= 0.3 is 0 Å². The van der Waals surface area contributed by atoms with Crippen LogP contribution >= 0.6 is 0 Å². The number of ether oxygens (including phenoxy) is 1. The fourth-order valence-electron chi connectivity index (χ4n) is 1.57. The molecule has 1 atom stereocenters. The number of rotatable bonds is 5. The topological polar surface area (TPSA) is 74.2 Å². The van der Waals surface area contributed by atoms with Crippen molar-refractivity contribution in [2.24, 2.45) is 5.92 Å². The molecule has 1 amide bonds.